The van der Waals surface area contributed by atoms with Crippen LogP contribution in [0.15, 0.2) is 34.8 Å². The normalized spacial score (nSPS) is 18.1. The molecule has 1 aromatic carbocycles. The standard InChI is InChI=1S/C22H26ClN5O3/c1-13(2)27-20(29)18(19(22(27)31)26-11-9-25(4)10-12-26)17-14(3)24-28(21(17)30)16-7-5-15(23)6-8-16/h5-8,13,24H,9-12H2,1-4H3. The van der Waals surface area contributed by atoms with E-state index in [1.165, 1.54) is 9.58 Å². The minimum Gasteiger partial charge on any atom is -0.364 e. The predicted octanol–water partition coefficient (Wildman–Crippen LogP) is 1.86. The molecule has 9 heteroatoms. The van der Waals surface area contributed by atoms with Gasteiger partial charge in [-0.1, -0.05) is 11.6 Å². The summed E-state index contributed by atoms with van der Waals surface area (Å²) in [7, 11) is 2.02. The molecule has 2 aromatic rings. The molecule has 0 bridgehead atoms. The molecule has 0 atom stereocenters. The van der Waals surface area contributed by atoms with Gasteiger partial charge in [0.25, 0.3) is 17.4 Å². The van der Waals surface area contributed by atoms with Crippen LogP contribution >= 0.6 is 11.6 Å². The second-order valence-corrected chi connectivity index (χ2v) is 8.75. The van der Waals surface area contributed by atoms with Crippen molar-refractivity contribution in [3.8, 4) is 5.69 Å². The van der Waals surface area contributed by atoms with E-state index in [0.29, 0.717) is 35.2 Å². The van der Waals surface area contributed by atoms with Gasteiger partial charge in [-0.3, -0.25) is 24.4 Å². The molecule has 1 aromatic heterocycles. The summed E-state index contributed by atoms with van der Waals surface area (Å²) in [6.07, 6.45) is 0. The highest BCUT2D eigenvalue weighted by molar-refractivity contribution is 6.35. The van der Waals surface area contributed by atoms with Gasteiger partial charge in [0.15, 0.2) is 0 Å². The molecule has 2 amide bonds. The van der Waals surface area contributed by atoms with Gasteiger partial charge in [-0.2, -0.15) is 0 Å². The molecular formula is C22H26ClN5O3. The zero-order valence-electron chi connectivity index (χ0n) is 18.1. The van der Waals surface area contributed by atoms with Gasteiger partial charge in [0.05, 0.1) is 16.8 Å². The van der Waals surface area contributed by atoms with Crippen molar-refractivity contribution < 1.29 is 9.59 Å². The van der Waals surface area contributed by atoms with Crippen molar-refractivity contribution in [1.29, 1.82) is 0 Å². The second kappa shape index (κ2) is 8.01. The first-order chi connectivity index (χ1) is 14.7. The molecule has 3 heterocycles. The van der Waals surface area contributed by atoms with Gasteiger partial charge < -0.3 is 9.80 Å². The van der Waals surface area contributed by atoms with Crippen LogP contribution in [0.25, 0.3) is 11.3 Å². The Balaban J connectivity index is 1.88. The van der Waals surface area contributed by atoms with Crippen molar-refractivity contribution in [3.05, 3.63) is 56.6 Å². The van der Waals surface area contributed by atoms with E-state index >= 15 is 0 Å². The lowest BCUT2D eigenvalue weighted by Crippen LogP contribution is -2.46. The van der Waals surface area contributed by atoms with Crippen LogP contribution in [0.1, 0.15) is 25.1 Å². The van der Waals surface area contributed by atoms with E-state index in [9.17, 15) is 14.4 Å². The number of imide groups is 1. The average molecular weight is 444 g/mol. The first kappa shape index (κ1) is 21.4. The number of carbonyl (C=O) groups is 2. The summed E-state index contributed by atoms with van der Waals surface area (Å²) in [5.74, 6) is -0.756. The number of nitrogens with one attached hydrogen (secondary N) is 1. The highest BCUT2D eigenvalue weighted by Gasteiger charge is 2.45. The fraction of sp³-hybridized carbons (Fsp3) is 0.409. The number of halogens is 1. The molecule has 1 saturated heterocycles. The third-order valence-electron chi connectivity index (χ3n) is 5.83. The van der Waals surface area contributed by atoms with Crippen molar-refractivity contribution in [3.63, 3.8) is 0 Å². The van der Waals surface area contributed by atoms with Crippen molar-refractivity contribution in [2.45, 2.75) is 26.8 Å². The lowest BCUT2D eigenvalue weighted by molar-refractivity contribution is -0.139. The van der Waals surface area contributed by atoms with Gasteiger partial charge in [0.1, 0.15) is 5.70 Å². The third kappa shape index (κ3) is 3.59. The van der Waals surface area contributed by atoms with E-state index in [-0.39, 0.29) is 28.6 Å². The van der Waals surface area contributed by atoms with Crippen molar-refractivity contribution in [2.75, 3.05) is 33.2 Å². The average Bonchev–Trinajstić information content (AvgIpc) is 3.15. The molecule has 0 radical (unpaired) electrons. The first-order valence-electron chi connectivity index (χ1n) is 10.3. The van der Waals surface area contributed by atoms with E-state index < -0.39 is 5.91 Å². The quantitative estimate of drug-likeness (QED) is 0.729. The van der Waals surface area contributed by atoms with Crippen LogP contribution in [0.2, 0.25) is 5.02 Å². The van der Waals surface area contributed by atoms with Gasteiger partial charge in [-0.15, -0.1) is 0 Å². The Morgan fingerprint density at radius 2 is 1.58 bits per heavy atom. The molecule has 0 aliphatic carbocycles. The number of aryl methyl sites for hydroxylation is 1. The van der Waals surface area contributed by atoms with E-state index in [4.69, 9.17) is 11.6 Å². The number of aromatic nitrogens is 2. The number of carbonyl (C=O) groups excluding carboxylic acids is 2. The summed E-state index contributed by atoms with van der Waals surface area (Å²) in [6, 6.07) is 6.53. The summed E-state index contributed by atoms with van der Waals surface area (Å²) >= 11 is 5.97. The van der Waals surface area contributed by atoms with Crippen molar-refractivity contribution >= 4 is 29.0 Å². The molecule has 1 N–H and O–H groups in total. The molecule has 0 saturated carbocycles. The highest BCUT2D eigenvalue weighted by atomic mass is 35.5. The lowest BCUT2D eigenvalue weighted by atomic mass is 10.0. The molecule has 2 aliphatic heterocycles. The molecule has 2 aliphatic rings. The number of likely N-dealkylation sites (N-methyl/N-ethyl adjacent to an activating group) is 1. The predicted molar refractivity (Wildman–Crippen MR) is 119 cm³/mol. The van der Waals surface area contributed by atoms with Gasteiger partial charge in [0, 0.05) is 42.9 Å². The molecule has 0 spiro atoms. The zero-order valence-corrected chi connectivity index (χ0v) is 18.9. The summed E-state index contributed by atoms with van der Waals surface area (Å²) < 4.78 is 1.38. The van der Waals surface area contributed by atoms with Crippen LogP contribution in [0, 0.1) is 6.92 Å². The summed E-state index contributed by atoms with van der Waals surface area (Å²) in [5, 5.41) is 3.61. The Hall–Kier alpha value is -2.84. The number of amides is 2. The van der Waals surface area contributed by atoms with E-state index in [0.717, 1.165) is 13.1 Å². The maximum atomic E-state index is 13.4. The maximum absolute atomic E-state index is 13.4. The number of benzene rings is 1. The van der Waals surface area contributed by atoms with Crippen molar-refractivity contribution in [1.82, 2.24) is 24.5 Å². The van der Waals surface area contributed by atoms with Crippen molar-refractivity contribution in [2.24, 2.45) is 0 Å². The van der Waals surface area contributed by atoms with Gasteiger partial charge >= 0.3 is 0 Å². The Labute approximate surface area is 185 Å². The Bertz CT molecular complexity index is 1120. The van der Waals surface area contributed by atoms with Gasteiger partial charge in [0.2, 0.25) is 0 Å². The number of hydrogen-bond donors (Lipinski definition) is 1. The molecule has 164 valence electrons. The number of H-pyrrole nitrogens is 1. The van der Waals surface area contributed by atoms with E-state index in [1.54, 1.807) is 45.0 Å². The molecule has 1 fully saturated rings. The van der Waals surface area contributed by atoms with E-state index in [2.05, 4.69) is 10.00 Å². The second-order valence-electron chi connectivity index (χ2n) is 8.32. The maximum Gasteiger partial charge on any atom is 0.279 e. The fourth-order valence-corrected chi connectivity index (χ4v) is 4.29. The topological polar surface area (TPSA) is 81.7 Å². The van der Waals surface area contributed by atoms with Crippen LogP contribution < -0.4 is 5.56 Å². The number of nitrogens with zero attached hydrogens (tertiary/aromatic N) is 4. The summed E-state index contributed by atoms with van der Waals surface area (Å²) in [4.78, 5) is 45.5. The molecule has 31 heavy (non-hydrogen) atoms. The minimum atomic E-state index is -0.420. The number of hydrogen-bond acceptors (Lipinski definition) is 5. The molecular weight excluding hydrogens is 418 g/mol. The number of aromatic amines is 1. The van der Waals surface area contributed by atoms with Gasteiger partial charge in [-0.05, 0) is 52.1 Å². The minimum absolute atomic E-state index is 0.190. The smallest absolute Gasteiger partial charge is 0.279 e. The van der Waals surface area contributed by atoms with Crippen LogP contribution in [0.5, 0.6) is 0 Å². The monoisotopic (exact) mass is 443 g/mol. The highest BCUT2D eigenvalue weighted by Crippen LogP contribution is 2.33. The summed E-state index contributed by atoms with van der Waals surface area (Å²) in [6.45, 7) is 8.15. The van der Waals surface area contributed by atoms with E-state index in [1.807, 2.05) is 11.9 Å². The lowest BCUT2D eigenvalue weighted by Gasteiger charge is -2.34. The first-order valence-corrected chi connectivity index (χ1v) is 10.7. The largest absolute Gasteiger partial charge is 0.364 e. The van der Waals surface area contributed by atoms with Crippen LogP contribution in [0.4, 0.5) is 0 Å². The fourth-order valence-electron chi connectivity index (χ4n) is 4.17. The SMILES string of the molecule is Cc1[nH]n(-c2ccc(Cl)cc2)c(=O)c1C1=C(N2CCN(C)CC2)C(=O)N(C(C)C)C1=O. The zero-order chi connectivity index (χ0) is 22.4. The van der Waals surface area contributed by atoms with Crippen LogP contribution in [-0.2, 0) is 9.59 Å². The van der Waals surface area contributed by atoms with Crippen LogP contribution in [0.3, 0.4) is 0 Å². The molecule has 4 rings (SSSR count). The third-order valence-corrected chi connectivity index (χ3v) is 6.09. The summed E-state index contributed by atoms with van der Waals surface area (Å²) in [5.41, 5.74) is 1.53. The number of piperazine rings is 1. The Morgan fingerprint density at radius 1 is 0.968 bits per heavy atom. The molecule has 0 unspecified atom stereocenters. The Kier molecular flexibility index (Phi) is 5.53. The number of rotatable bonds is 4. The van der Waals surface area contributed by atoms with Crippen LogP contribution in [-0.4, -0.2) is 75.6 Å². The molecule has 8 nitrogen and oxygen atoms in total. The Morgan fingerprint density at radius 3 is 2.16 bits per heavy atom. The van der Waals surface area contributed by atoms with Gasteiger partial charge in [-0.25, -0.2) is 4.68 Å².